The number of aliphatic carboxylic acids is 2. The van der Waals surface area contributed by atoms with Crippen molar-refractivity contribution in [1.82, 2.24) is 34.6 Å². The number of nitrogens with zero attached hydrogens (tertiary/aromatic N) is 6. The lowest BCUT2D eigenvalue weighted by Crippen LogP contribution is -2.43. The van der Waals surface area contributed by atoms with Gasteiger partial charge >= 0.3 is 11.9 Å². The average Bonchev–Trinajstić information content (AvgIpc) is 3.75. The predicted octanol–water partition coefficient (Wildman–Crippen LogP) is 1.17. The van der Waals surface area contributed by atoms with Crippen molar-refractivity contribution >= 4 is 35.0 Å². The number of pyridine rings is 2. The van der Waals surface area contributed by atoms with Gasteiger partial charge in [0.15, 0.2) is 12.2 Å². The van der Waals surface area contributed by atoms with E-state index in [2.05, 4.69) is 44.6 Å². The van der Waals surface area contributed by atoms with Crippen LogP contribution in [0.1, 0.15) is 53.1 Å². The van der Waals surface area contributed by atoms with E-state index in [1.807, 2.05) is 31.6 Å². The first-order valence-electron chi connectivity index (χ1n) is 14.8. The minimum Gasteiger partial charge on any atom is -0.479 e. The molecule has 0 saturated carbocycles. The zero-order chi connectivity index (χ0) is 34.5. The molecule has 5 heterocycles. The number of carboxylic acid groups (broad SMARTS) is 2. The van der Waals surface area contributed by atoms with E-state index in [0.29, 0.717) is 34.6 Å². The number of hydrogen-bond acceptors (Lipinski definition) is 10. The molecule has 5 rings (SSSR count). The number of aliphatic hydroxyl groups excluding tert-OH is 2. The number of nitrogens with one attached hydrogen (secondary N) is 2. The van der Waals surface area contributed by atoms with Crippen molar-refractivity contribution < 1.29 is 39.6 Å². The van der Waals surface area contributed by atoms with Crippen LogP contribution in [0.25, 0.3) is 16.6 Å². The second kappa shape index (κ2) is 14.5. The first-order valence-corrected chi connectivity index (χ1v) is 14.8. The summed E-state index contributed by atoms with van der Waals surface area (Å²) in [4.78, 5) is 52.2. The summed E-state index contributed by atoms with van der Waals surface area (Å²) < 4.78 is 3.41. The molecule has 0 aliphatic carbocycles. The third-order valence-corrected chi connectivity index (χ3v) is 7.94. The van der Waals surface area contributed by atoms with Crippen LogP contribution < -0.4 is 10.6 Å². The van der Waals surface area contributed by atoms with Gasteiger partial charge in [0.1, 0.15) is 0 Å². The van der Waals surface area contributed by atoms with Gasteiger partial charge in [0, 0.05) is 55.4 Å². The number of carbonyl (C=O) groups excluding carboxylic acids is 2. The standard InChI is InChI=1S/C27H32N8O2.C4H6O6/c1-18-23(12-20(13-29-18)25(36)28-9-11-34-10-5-8-27(34,2)3)32-26(37)22-15-31-35-17-19(6-7-24(22)35)21-14-30-33(4)16-21;5-1(3(7)8)2(6)4(9)10/h6-7,12-17H,5,8-11H2,1-4H3,(H,28,36)(H,32,37);1-2,5-6H,(H,7,8)(H,9,10)/t;1-,2-/m.1/s1. The highest BCUT2D eigenvalue weighted by atomic mass is 16.4. The summed E-state index contributed by atoms with van der Waals surface area (Å²) in [5.41, 5.74) is 4.71. The quantitative estimate of drug-likeness (QED) is 0.142. The number of anilines is 1. The maximum atomic E-state index is 13.1. The van der Waals surface area contributed by atoms with Crippen LogP contribution in [-0.4, -0.2) is 111 Å². The number of aliphatic hydroxyl groups is 2. The number of hydrogen-bond donors (Lipinski definition) is 6. The molecule has 250 valence electrons. The van der Waals surface area contributed by atoms with Crippen molar-refractivity contribution in [3.8, 4) is 11.1 Å². The fraction of sp³-hybridized carbons (Fsp3) is 0.387. The molecule has 2 atom stereocenters. The molecule has 1 aliphatic heterocycles. The Bertz CT molecular complexity index is 1760. The monoisotopic (exact) mass is 650 g/mol. The number of carboxylic acids is 2. The topological polar surface area (TPSA) is 225 Å². The molecule has 0 bridgehead atoms. The van der Waals surface area contributed by atoms with Crippen molar-refractivity contribution in [1.29, 1.82) is 0 Å². The van der Waals surface area contributed by atoms with Gasteiger partial charge in [0.2, 0.25) is 0 Å². The fourth-order valence-electron chi connectivity index (χ4n) is 5.13. The normalized spacial score (nSPS) is 15.4. The van der Waals surface area contributed by atoms with E-state index in [0.717, 1.165) is 24.2 Å². The highest BCUT2D eigenvalue weighted by Gasteiger charge is 2.31. The summed E-state index contributed by atoms with van der Waals surface area (Å²) in [6, 6.07) is 5.47. The zero-order valence-electron chi connectivity index (χ0n) is 26.4. The van der Waals surface area contributed by atoms with Crippen molar-refractivity contribution in [2.45, 2.75) is 51.4 Å². The van der Waals surface area contributed by atoms with Gasteiger partial charge in [-0.2, -0.15) is 10.2 Å². The number of fused-ring (bicyclic) bond motifs is 1. The maximum absolute atomic E-state index is 13.1. The molecular weight excluding hydrogens is 612 g/mol. The number of carbonyl (C=O) groups is 4. The van der Waals surface area contributed by atoms with E-state index in [4.69, 9.17) is 20.4 Å². The third kappa shape index (κ3) is 8.35. The van der Waals surface area contributed by atoms with Gasteiger partial charge in [-0.15, -0.1) is 0 Å². The minimum absolute atomic E-state index is 0.173. The molecule has 2 amide bonds. The fourth-order valence-corrected chi connectivity index (χ4v) is 5.13. The van der Waals surface area contributed by atoms with Crippen LogP contribution in [-0.2, 0) is 16.6 Å². The Kier molecular flexibility index (Phi) is 10.7. The highest BCUT2D eigenvalue weighted by molar-refractivity contribution is 6.09. The van der Waals surface area contributed by atoms with Crippen molar-refractivity contribution in [2.75, 3.05) is 25.0 Å². The predicted molar refractivity (Wildman–Crippen MR) is 169 cm³/mol. The second-order valence-corrected chi connectivity index (χ2v) is 11.7. The molecule has 47 heavy (non-hydrogen) atoms. The molecule has 0 radical (unpaired) electrons. The Labute approximate surface area is 269 Å². The van der Waals surface area contributed by atoms with Gasteiger partial charge in [-0.3, -0.25) is 24.2 Å². The average molecular weight is 651 g/mol. The first kappa shape index (κ1) is 34.7. The largest absolute Gasteiger partial charge is 0.479 e. The number of aromatic nitrogens is 5. The van der Waals surface area contributed by atoms with Crippen molar-refractivity contribution in [3.63, 3.8) is 0 Å². The number of rotatable bonds is 10. The Hall–Kier alpha value is -5.19. The Morgan fingerprint density at radius 2 is 1.66 bits per heavy atom. The lowest BCUT2D eigenvalue weighted by atomic mass is 10.0. The molecule has 0 spiro atoms. The van der Waals surface area contributed by atoms with Crippen molar-refractivity contribution in [3.05, 3.63) is 66.0 Å². The molecule has 1 aliphatic rings. The van der Waals surface area contributed by atoms with Gasteiger partial charge < -0.3 is 31.1 Å². The molecule has 4 aromatic rings. The van der Waals surface area contributed by atoms with E-state index < -0.39 is 24.1 Å². The van der Waals surface area contributed by atoms with E-state index in [1.165, 1.54) is 25.2 Å². The first-order chi connectivity index (χ1) is 22.2. The number of amides is 2. The minimum atomic E-state index is -2.27. The Morgan fingerprint density at radius 1 is 0.957 bits per heavy atom. The van der Waals surface area contributed by atoms with E-state index >= 15 is 0 Å². The van der Waals surface area contributed by atoms with Gasteiger partial charge in [-0.05, 0) is 52.3 Å². The van der Waals surface area contributed by atoms with E-state index in [-0.39, 0.29) is 17.4 Å². The molecule has 0 aromatic carbocycles. The van der Waals surface area contributed by atoms with Crippen LogP contribution in [0.15, 0.2) is 49.2 Å². The van der Waals surface area contributed by atoms with Gasteiger partial charge in [0.25, 0.3) is 11.8 Å². The second-order valence-electron chi connectivity index (χ2n) is 11.7. The molecule has 16 nitrogen and oxygen atoms in total. The summed E-state index contributed by atoms with van der Waals surface area (Å²) in [5.74, 6) is -4.06. The van der Waals surface area contributed by atoms with Crippen molar-refractivity contribution in [2.24, 2.45) is 7.05 Å². The molecule has 0 unspecified atom stereocenters. The molecule has 16 heteroatoms. The maximum Gasteiger partial charge on any atom is 0.335 e. The van der Waals surface area contributed by atoms with Crippen LogP contribution >= 0.6 is 0 Å². The van der Waals surface area contributed by atoms with Crippen LogP contribution in [0.3, 0.4) is 0 Å². The summed E-state index contributed by atoms with van der Waals surface area (Å²) in [5, 5.41) is 47.0. The summed E-state index contributed by atoms with van der Waals surface area (Å²) in [7, 11) is 1.86. The smallest absolute Gasteiger partial charge is 0.335 e. The van der Waals surface area contributed by atoms with E-state index in [1.54, 1.807) is 28.4 Å². The lowest BCUT2D eigenvalue weighted by Gasteiger charge is -2.31. The van der Waals surface area contributed by atoms with Crippen LogP contribution in [0.5, 0.6) is 0 Å². The third-order valence-electron chi connectivity index (χ3n) is 7.94. The van der Waals surface area contributed by atoms with Gasteiger partial charge in [0.05, 0.1) is 40.4 Å². The Morgan fingerprint density at radius 3 is 2.26 bits per heavy atom. The summed E-state index contributed by atoms with van der Waals surface area (Å²) in [6.07, 6.45) is 6.47. The molecule has 6 N–H and O–H groups in total. The molecule has 4 aromatic heterocycles. The summed E-state index contributed by atoms with van der Waals surface area (Å²) in [6.45, 7) is 8.69. The lowest BCUT2D eigenvalue weighted by molar-refractivity contribution is -0.165. The van der Waals surface area contributed by atoms with E-state index in [9.17, 15) is 19.2 Å². The van der Waals surface area contributed by atoms with Crippen LogP contribution in [0.4, 0.5) is 5.69 Å². The molecular formula is C31H38N8O8. The van der Waals surface area contributed by atoms with Crippen LogP contribution in [0.2, 0.25) is 0 Å². The highest BCUT2D eigenvalue weighted by Crippen LogP contribution is 2.27. The van der Waals surface area contributed by atoms with Gasteiger partial charge in [-0.1, -0.05) is 6.07 Å². The molecule has 1 saturated heterocycles. The number of aryl methyl sites for hydroxylation is 2. The molecule has 1 fully saturated rings. The number of likely N-dealkylation sites (tertiary alicyclic amines) is 1. The van der Waals surface area contributed by atoms with Gasteiger partial charge in [-0.25, -0.2) is 14.1 Å². The zero-order valence-corrected chi connectivity index (χ0v) is 26.4. The Balaban J connectivity index is 0.000000434. The van der Waals surface area contributed by atoms with Crippen LogP contribution in [0, 0.1) is 6.92 Å². The summed E-state index contributed by atoms with van der Waals surface area (Å²) >= 11 is 0. The SMILES string of the molecule is Cc1ncc(C(=O)NCCN2CCCC2(C)C)cc1NC(=O)c1cnn2cc(-c3cnn(C)c3)ccc12.O=C(O)[C@H](O)[C@@H](O)C(=O)O.